The van der Waals surface area contributed by atoms with Crippen molar-refractivity contribution in [3.63, 3.8) is 0 Å². The van der Waals surface area contributed by atoms with Crippen molar-refractivity contribution in [1.29, 1.82) is 5.41 Å². The van der Waals surface area contributed by atoms with Crippen molar-refractivity contribution >= 4 is 28.7 Å². The quantitative estimate of drug-likeness (QED) is 0.277. The molecule has 1 amide bonds. The lowest BCUT2D eigenvalue weighted by molar-refractivity contribution is -0.143. The van der Waals surface area contributed by atoms with Crippen LogP contribution in [0.2, 0.25) is 0 Å². The number of unbranched alkanes of at least 4 members (excludes halogenated alkanes) is 1. The number of fused-ring (bicyclic) bond motifs is 1. The third kappa shape index (κ3) is 5.34. The van der Waals surface area contributed by atoms with E-state index in [1.165, 1.54) is 0 Å². The molecule has 2 aromatic rings. The third-order valence-corrected chi connectivity index (χ3v) is 3.81. The van der Waals surface area contributed by atoms with E-state index in [9.17, 15) is 9.59 Å². The van der Waals surface area contributed by atoms with Gasteiger partial charge in [-0.1, -0.05) is 0 Å². The molecule has 2 rings (SSSR count). The van der Waals surface area contributed by atoms with Gasteiger partial charge in [-0.3, -0.25) is 15.0 Å². The van der Waals surface area contributed by atoms with E-state index in [-0.39, 0.29) is 17.8 Å². The first-order valence-electron chi connectivity index (χ1n) is 8.83. The topological polar surface area (TPSA) is 104 Å². The van der Waals surface area contributed by atoms with E-state index >= 15 is 0 Å². The summed E-state index contributed by atoms with van der Waals surface area (Å²) >= 11 is 0. The van der Waals surface area contributed by atoms with Crippen LogP contribution in [0.5, 0.6) is 0 Å². The Kier molecular flexibility index (Phi) is 7.20. The lowest BCUT2D eigenvalue weighted by atomic mass is 10.1. The summed E-state index contributed by atoms with van der Waals surface area (Å²) in [6.07, 6.45) is 1.75. The van der Waals surface area contributed by atoms with Crippen molar-refractivity contribution in [2.75, 3.05) is 19.8 Å². The molecule has 0 radical (unpaired) electrons. The summed E-state index contributed by atoms with van der Waals surface area (Å²) < 4.78 is 10.1. The van der Waals surface area contributed by atoms with Gasteiger partial charge in [-0.15, -0.1) is 0 Å². The van der Waals surface area contributed by atoms with Crippen molar-refractivity contribution in [3.8, 4) is 0 Å². The molecule has 26 heavy (non-hydrogen) atoms. The highest BCUT2D eigenvalue weighted by Crippen LogP contribution is 2.18. The Morgan fingerprint density at radius 2 is 1.88 bits per heavy atom. The highest BCUT2D eigenvalue weighted by atomic mass is 16.5. The molecule has 0 atom stereocenters. The monoisotopic (exact) mass is 359 g/mol. The fourth-order valence-corrected chi connectivity index (χ4v) is 2.55. The number of H-pyrrole nitrogens is 1. The van der Waals surface area contributed by atoms with E-state index in [4.69, 9.17) is 14.9 Å². The average Bonchev–Trinajstić information content (AvgIpc) is 3.05. The van der Waals surface area contributed by atoms with Crippen LogP contribution in [0.4, 0.5) is 0 Å². The van der Waals surface area contributed by atoms with Crippen molar-refractivity contribution in [2.45, 2.75) is 33.1 Å². The summed E-state index contributed by atoms with van der Waals surface area (Å²) in [5, 5.41) is 11.5. The Bertz CT molecular complexity index is 782. The summed E-state index contributed by atoms with van der Waals surface area (Å²) in [5.74, 6) is -0.287. The summed E-state index contributed by atoms with van der Waals surface area (Å²) in [6.45, 7) is 4.93. The number of carbonyl (C=O) groups is 2. The fraction of sp³-hybridized carbons (Fsp3) is 0.421. The Hall–Kier alpha value is -2.83. The molecule has 1 heterocycles. The van der Waals surface area contributed by atoms with Crippen molar-refractivity contribution in [3.05, 3.63) is 35.5 Å². The highest BCUT2D eigenvalue weighted by molar-refractivity contribution is 6.00. The van der Waals surface area contributed by atoms with E-state index in [1.54, 1.807) is 19.1 Å². The molecular formula is C19H25N3O4. The van der Waals surface area contributed by atoms with E-state index in [0.717, 1.165) is 10.9 Å². The van der Waals surface area contributed by atoms with Gasteiger partial charge in [0.2, 0.25) is 5.90 Å². The number of ether oxygens (including phenoxy) is 2. The van der Waals surface area contributed by atoms with Crippen LogP contribution < -0.4 is 5.32 Å². The van der Waals surface area contributed by atoms with Crippen LogP contribution in [0.25, 0.3) is 10.9 Å². The first-order chi connectivity index (χ1) is 12.5. The predicted octanol–water partition coefficient (Wildman–Crippen LogP) is 2.99. The molecule has 0 saturated carbocycles. The normalized spacial score (nSPS) is 10.5. The van der Waals surface area contributed by atoms with Crippen molar-refractivity contribution < 1.29 is 19.1 Å². The average molecular weight is 359 g/mol. The standard InChI is InChI=1S/C19H25N3O4/c1-3-25-17(23)7-5-6-10-21-19(24)16-12-14-11-13(18(20)26-4-2)8-9-15(14)22-16/h8-9,11-12,20,22H,3-7,10H2,1-2H3,(H,21,24). The molecule has 140 valence electrons. The number of esters is 1. The van der Waals surface area contributed by atoms with Crippen molar-refractivity contribution in [2.24, 2.45) is 0 Å². The van der Waals surface area contributed by atoms with Gasteiger partial charge in [-0.05, 0) is 51.0 Å². The summed E-state index contributed by atoms with van der Waals surface area (Å²) in [6, 6.07) is 7.19. The largest absolute Gasteiger partial charge is 0.478 e. The number of aromatic amines is 1. The molecule has 0 spiro atoms. The summed E-state index contributed by atoms with van der Waals surface area (Å²) in [5.41, 5.74) is 1.96. The van der Waals surface area contributed by atoms with Gasteiger partial charge in [0.1, 0.15) is 5.69 Å². The minimum atomic E-state index is -0.206. The smallest absolute Gasteiger partial charge is 0.305 e. The number of hydrogen-bond donors (Lipinski definition) is 3. The molecule has 0 aliphatic rings. The van der Waals surface area contributed by atoms with Gasteiger partial charge in [0.25, 0.3) is 5.91 Å². The molecule has 0 saturated heterocycles. The molecule has 7 nitrogen and oxygen atoms in total. The number of benzene rings is 1. The number of nitrogens with one attached hydrogen (secondary N) is 3. The summed E-state index contributed by atoms with van der Waals surface area (Å²) in [4.78, 5) is 26.5. The molecule has 0 unspecified atom stereocenters. The number of rotatable bonds is 9. The SMILES string of the molecule is CCOC(=N)c1ccc2[nH]c(C(=O)NCCCCC(=O)OCC)cc2c1. The first kappa shape index (κ1) is 19.5. The molecule has 7 heteroatoms. The van der Waals surface area contributed by atoms with Crippen LogP contribution in [0.15, 0.2) is 24.3 Å². The molecule has 0 fully saturated rings. The highest BCUT2D eigenvalue weighted by Gasteiger charge is 2.11. The Morgan fingerprint density at radius 3 is 2.62 bits per heavy atom. The van der Waals surface area contributed by atoms with Gasteiger partial charge in [-0.2, -0.15) is 0 Å². The fourth-order valence-electron chi connectivity index (χ4n) is 2.55. The molecule has 3 N–H and O–H groups in total. The van der Waals surface area contributed by atoms with Crippen LogP contribution in [0, 0.1) is 5.41 Å². The lowest BCUT2D eigenvalue weighted by Gasteiger charge is -2.04. The maximum Gasteiger partial charge on any atom is 0.305 e. The molecular weight excluding hydrogens is 334 g/mol. The Balaban J connectivity index is 1.88. The van der Waals surface area contributed by atoms with Gasteiger partial charge >= 0.3 is 5.97 Å². The molecule has 1 aromatic heterocycles. The predicted molar refractivity (Wildman–Crippen MR) is 99.6 cm³/mol. The zero-order chi connectivity index (χ0) is 18.9. The second kappa shape index (κ2) is 9.60. The van der Waals surface area contributed by atoms with Crippen molar-refractivity contribution in [1.82, 2.24) is 10.3 Å². The van der Waals surface area contributed by atoms with E-state index in [0.29, 0.717) is 50.3 Å². The second-order valence-corrected chi connectivity index (χ2v) is 5.77. The van der Waals surface area contributed by atoms with E-state index in [2.05, 4.69) is 10.3 Å². The number of aromatic nitrogens is 1. The lowest BCUT2D eigenvalue weighted by Crippen LogP contribution is -2.24. The third-order valence-electron chi connectivity index (χ3n) is 3.81. The van der Waals surface area contributed by atoms with Crippen LogP contribution in [0.1, 0.15) is 49.2 Å². The van der Waals surface area contributed by atoms with Crippen LogP contribution >= 0.6 is 0 Å². The number of hydrogen-bond acceptors (Lipinski definition) is 5. The Morgan fingerprint density at radius 1 is 1.12 bits per heavy atom. The van der Waals surface area contributed by atoms with Crippen LogP contribution in [-0.4, -0.2) is 42.5 Å². The number of amides is 1. The molecule has 0 aliphatic heterocycles. The zero-order valence-corrected chi connectivity index (χ0v) is 15.2. The minimum absolute atomic E-state index is 0.114. The van der Waals surface area contributed by atoms with Gasteiger partial charge in [-0.25, -0.2) is 0 Å². The summed E-state index contributed by atoms with van der Waals surface area (Å²) in [7, 11) is 0. The first-order valence-corrected chi connectivity index (χ1v) is 8.83. The zero-order valence-electron chi connectivity index (χ0n) is 15.2. The van der Waals surface area contributed by atoms with E-state index < -0.39 is 0 Å². The van der Waals surface area contributed by atoms with Gasteiger partial charge < -0.3 is 19.8 Å². The second-order valence-electron chi connectivity index (χ2n) is 5.77. The number of carbonyl (C=O) groups excluding carboxylic acids is 2. The Labute approximate surface area is 152 Å². The van der Waals surface area contributed by atoms with E-state index in [1.807, 2.05) is 19.1 Å². The van der Waals surface area contributed by atoms with Crippen LogP contribution in [0.3, 0.4) is 0 Å². The van der Waals surface area contributed by atoms with Gasteiger partial charge in [0.05, 0.1) is 13.2 Å². The molecule has 0 bridgehead atoms. The minimum Gasteiger partial charge on any atom is -0.478 e. The van der Waals surface area contributed by atoms with Crippen LogP contribution in [-0.2, 0) is 14.3 Å². The maximum absolute atomic E-state index is 12.2. The molecule has 1 aromatic carbocycles. The molecule has 0 aliphatic carbocycles. The maximum atomic E-state index is 12.2. The van der Waals surface area contributed by atoms with Gasteiger partial charge in [0.15, 0.2) is 0 Å². The van der Waals surface area contributed by atoms with Gasteiger partial charge in [0, 0.05) is 29.4 Å².